The number of halogens is 1. The summed E-state index contributed by atoms with van der Waals surface area (Å²) in [5.74, 6) is 1.62. The van der Waals surface area contributed by atoms with Gasteiger partial charge < -0.3 is 28.5 Å². The molecule has 0 rings (SSSR count). The van der Waals surface area contributed by atoms with E-state index in [1.807, 2.05) is 6.92 Å². The molecule has 0 aliphatic heterocycles. The summed E-state index contributed by atoms with van der Waals surface area (Å²) in [6.45, 7) is 2.96. The molecule has 1 unspecified atom stereocenters. The average Bonchev–Trinajstić information content (AvgIpc) is 1.81. The molecule has 0 saturated carbocycles. The van der Waals surface area contributed by atoms with E-state index in [2.05, 4.69) is 21.1 Å². The van der Waals surface area contributed by atoms with Gasteiger partial charge in [0, 0.05) is 16.6 Å². The van der Waals surface area contributed by atoms with E-state index < -0.39 is 10.8 Å². The Hall–Kier alpha value is 0.840. The molecule has 0 aliphatic rings. The van der Waals surface area contributed by atoms with E-state index >= 15 is 0 Å². The Morgan fingerprint density at radius 3 is 2.00 bits per heavy atom. The van der Waals surface area contributed by atoms with Crippen LogP contribution in [0.3, 0.4) is 0 Å². The van der Waals surface area contributed by atoms with Crippen molar-refractivity contribution >= 4 is 10.8 Å². The smallest absolute Gasteiger partial charge is 0.0897 e. The van der Waals surface area contributed by atoms with Crippen LogP contribution in [-0.2, 0) is 10.8 Å². The first kappa shape index (κ1) is 14.4. The number of hydrogen-bond donors (Lipinski definition) is 0. The van der Waals surface area contributed by atoms with Crippen molar-refractivity contribution in [2.45, 2.75) is 6.92 Å². The molecule has 11 heavy (non-hydrogen) atoms. The molecule has 0 bridgehead atoms. The predicted octanol–water partition coefficient (Wildman–Crippen LogP) is -2.53. The summed E-state index contributed by atoms with van der Waals surface area (Å²) in [6.07, 6.45) is 0. The van der Waals surface area contributed by atoms with Crippen LogP contribution in [0, 0.1) is 0 Å². The fourth-order valence-corrected chi connectivity index (χ4v) is 1.56. The van der Waals surface area contributed by atoms with Gasteiger partial charge in [0.25, 0.3) is 0 Å². The highest BCUT2D eigenvalue weighted by Crippen LogP contribution is 1.91. The van der Waals surface area contributed by atoms with Gasteiger partial charge in [-0.3, -0.25) is 4.21 Å². The molecule has 0 amide bonds. The Bertz CT molecular complexity index is 122. The SMILES string of the molecule is CCS(=O)CC[N+](C)(C)C.[I-]. The van der Waals surface area contributed by atoms with Crippen LogP contribution in [0.1, 0.15) is 6.92 Å². The molecule has 0 fully saturated rings. The second kappa shape index (κ2) is 6.37. The zero-order valence-electron chi connectivity index (χ0n) is 7.76. The molecule has 0 saturated heterocycles. The van der Waals surface area contributed by atoms with Crippen molar-refractivity contribution in [1.82, 2.24) is 0 Å². The monoisotopic (exact) mass is 291 g/mol. The summed E-state index contributed by atoms with van der Waals surface area (Å²) in [5.41, 5.74) is 0. The van der Waals surface area contributed by atoms with Gasteiger partial charge in [0.15, 0.2) is 0 Å². The molecule has 0 aromatic carbocycles. The summed E-state index contributed by atoms with van der Waals surface area (Å²) in [7, 11) is 5.76. The van der Waals surface area contributed by atoms with Crippen molar-refractivity contribution in [3.63, 3.8) is 0 Å². The number of rotatable bonds is 4. The number of hydrogen-bond acceptors (Lipinski definition) is 1. The summed E-state index contributed by atoms with van der Waals surface area (Å²) in [4.78, 5) is 0. The van der Waals surface area contributed by atoms with Crippen LogP contribution in [0.4, 0.5) is 0 Å². The molecule has 70 valence electrons. The third kappa shape index (κ3) is 10.8. The van der Waals surface area contributed by atoms with E-state index in [-0.39, 0.29) is 24.0 Å². The molecular formula is C7H18INOS. The first-order chi connectivity index (χ1) is 4.45. The molecule has 0 aromatic rings. The minimum absolute atomic E-state index is 0. The molecule has 4 heteroatoms. The Kier molecular flexibility index (Phi) is 8.32. The molecule has 0 aromatic heterocycles. The van der Waals surface area contributed by atoms with E-state index in [1.165, 1.54) is 0 Å². The van der Waals surface area contributed by atoms with Gasteiger partial charge in [0.05, 0.1) is 33.4 Å². The molecule has 0 radical (unpaired) electrons. The van der Waals surface area contributed by atoms with E-state index in [9.17, 15) is 4.21 Å². The molecule has 0 N–H and O–H groups in total. The molecule has 0 spiro atoms. The summed E-state index contributed by atoms with van der Waals surface area (Å²) in [6, 6.07) is 0. The van der Waals surface area contributed by atoms with Gasteiger partial charge in [-0.05, 0) is 0 Å². The van der Waals surface area contributed by atoms with E-state index in [0.717, 1.165) is 22.5 Å². The highest BCUT2D eigenvalue weighted by atomic mass is 127. The number of quaternary nitrogens is 1. The van der Waals surface area contributed by atoms with Crippen molar-refractivity contribution in [2.24, 2.45) is 0 Å². The highest BCUT2D eigenvalue weighted by molar-refractivity contribution is 7.84. The van der Waals surface area contributed by atoms with Crippen LogP contribution in [0.25, 0.3) is 0 Å². The van der Waals surface area contributed by atoms with Crippen molar-refractivity contribution < 1.29 is 32.7 Å². The summed E-state index contributed by atoms with van der Waals surface area (Å²) in [5, 5.41) is 0. The van der Waals surface area contributed by atoms with Gasteiger partial charge in [-0.2, -0.15) is 0 Å². The first-order valence-corrected chi connectivity index (χ1v) is 5.10. The Labute approximate surface area is 89.4 Å². The van der Waals surface area contributed by atoms with Gasteiger partial charge in [-0.25, -0.2) is 0 Å². The average molecular weight is 291 g/mol. The van der Waals surface area contributed by atoms with Crippen LogP contribution in [0.15, 0.2) is 0 Å². The van der Waals surface area contributed by atoms with Gasteiger partial charge in [0.2, 0.25) is 0 Å². The fraction of sp³-hybridized carbons (Fsp3) is 1.00. The molecule has 0 heterocycles. The Balaban J connectivity index is 0. The van der Waals surface area contributed by atoms with E-state index in [0.29, 0.717) is 0 Å². The van der Waals surface area contributed by atoms with Crippen LogP contribution in [0.2, 0.25) is 0 Å². The number of nitrogens with zero attached hydrogens (tertiary/aromatic N) is 1. The maximum atomic E-state index is 11.0. The van der Waals surface area contributed by atoms with E-state index in [1.54, 1.807) is 0 Å². The van der Waals surface area contributed by atoms with Crippen molar-refractivity contribution in [3.8, 4) is 0 Å². The topological polar surface area (TPSA) is 17.1 Å². The molecule has 2 nitrogen and oxygen atoms in total. The van der Waals surface area contributed by atoms with Crippen LogP contribution in [-0.4, -0.2) is 47.9 Å². The minimum Gasteiger partial charge on any atom is -1.00 e. The van der Waals surface area contributed by atoms with E-state index in [4.69, 9.17) is 0 Å². The summed E-state index contributed by atoms with van der Waals surface area (Å²) < 4.78 is 11.9. The van der Waals surface area contributed by atoms with Crippen LogP contribution >= 0.6 is 0 Å². The standard InChI is InChI=1S/C7H18NOS.HI/c1-5-10(9)7-6-8(2,3)4;/h5-7H2,1-4H3;1H/q+1;/p-1. The van der Waals surface area contributed by atoms with Crippen LogP contribution < -0.4 is 24.0 Å². The van der Waals surface area contributed by atoms with Crippen LogP contribution in [0.5, 0.6) is 0 Å². The Morgan fingerprint density at radius 1 is 1.27 bits per heavy atom. The van der Waals surface area contributed by atoms with Crippen molar-refractivity contribution in [1.29, 1.82) is 0 Å². The van der Waals surface area contributed by atoms with Crippen molar-refractivity contribution in [3.05, 3.63) is 0 Å². The molecular weight excluding hydrogens is 273 g/mol. The third-order valence-electron chi connectivity index (χ3n) is 1.31. The zero-order valence-corrected chi connectivity index (χ0v) is 10.7. The lowest BCUT2D eigenvalue weighted by molar-refractivity contribution is -0.867. The second-order valence-corrected chi connectivity index (χ2v) is 5.31. The van der Waals surface area contributed by atoms with Gasteiger partial charge in [-0.15, -0.1) is 0 Å². The summed E-state index contributed by atoms with van der Waals surface area (Å²) >= 11 is 0. The van der Waals surface area contributed by atoms with Crippen molar-refractivity contribution in [2.75, 3.05) is 39.2 Å². The largest absolute Gasteiger partial charge is 1.00 e. The molecule has 1 atom stereocenters. The maximum absolute atomic E-state index is 11.0. The molecule has 0 aliphatic carbocycles. The lowest BCUT2D eigenvalue weighted by Gasteiger charge is -2.23. The second-order valence-electron chi connectivity index (χ2n) is 3.45. The predicted molar refractivity (Wildman–Crippen MR) is 46.4 cm³/mol. The highest BCUT2D eigenvalue weighted by Gasteiger charge is 2.07. The third-order valence-corrected chi connectivity index (χ3v) is 2.59. The Morgan fingerprint density at radius 2 is 1.73 bits per heavy atom. The maximum Gasteiger partial charge on any atom is 0.0897 e. The zero-order chi connectivity index (χ0) is 8.20. The minimum atomic E-state index is -0.589. The van der Waals surface area contributed by atoms with Gasteiger partial charge in [-0.1, -0.05) is 6.92 Å². The fourth-order valence-electron chi connectivity index (χ4n) is 0.520. The lowest BCUT2D eigenvalue weighted by atomic mass is 10.6. The lowest BCUT2D eigenvalue weighted by Crippen LogP contribution is -3.00. The first-order valence-electron chi connectivity index (χ1n) is 3.61. The quantitative estimate of drug-likeness (QED) is 0.412. The normalized spacial score (nSPS) is 13.8. The van der Waals surface area contributed by atoms with Gasteiger partial charge >= 0.3 is 0 Å². The van der Waals surface area contributed by atoms with Gasteiger partial charge in [0.1, 0.15) is 0 Å².